The van der Waals surface area contributed by atoms with Crippen LogP contribution in [0.3, 0.4) is 0 Å². The van der Waals surface area contributed by atoms with Crippen LogP contribution in [0.15, 0.2) is 42.6 Å². The Morgan fingerprint density at radius 2 is 2.07 bits per heavy atom. The van der Waals surface area contributed by atoms with Gasteiger partial charge < -0.3 is 20.1 Å². The quantitative estimate of drug-likeness (QED) is 0.738. The van der Waals surface area contributed by atoms with Crippen LogP contribution >= 0.6 is 0 Å². The predicted octanol–water partition coefficient (Wildman–Crippen LogP) is 1.76. The van der Waals surface area contributed by atoms with Gasteiger partial charge in [-0.25, -0.2) is 4.98 Å². The zero-order valence-corrected chi connectivity index (χ0v) is 15.6. The van der Waals surface area contributed by atoms with Gasteiger partial charge in [-0.05, 0) is 18.2 Å². The molecule has 7 heteroatoms. The second-order valence-electron chi connectivity index (χ2n) is 6.31. The lowest BCUT2D eigenvalue weighted by Crippen LogP contribution is -2.41. The molecule has 0 aliphatic carbocycles. The fraction of sp³-hybridized carbons (Fsp3) is 0.400. The number of para-hydroxylation sites is 1. The number of anilines is 1. The summed E-state index contributed by atoms with van der Waals surface area (Å²) in [4.78, 5) is 19.0. The molecule has 0 unspecified atom stereocenters. The third-order valence-electron chi connectivity index (χ3n) is 4.49. The molecule has 0 radical (unpaired) electrons. The standard InChI is InChI=1S/C20H26N4O3/c1-26-18-5-3-2-4-17(18)15-23-19-14-16(6-7-21-19)20(25)22-8-9-24-10-12-27-13-11-24/h2-7,14H,8-13,15H2,1H3,(H,21,23)(H,22,25). The number of carbonyl (C=O) groups excluding carboxylic acids is 1. The lowest BCUT2D eigenvalue weighted by Gasteiger charge is -2.26. The van der Waals surface area contributed by atoms with E-state index >= 15 is 0 Å². The lowest BCUT2D eigenvalue weighted by atomic mass is 10.2. The van der Waals surface area contributed by atoms with Crippen molar-refractivity contribution < 1.29 is 14.3 Å². The van der Waals surface area contributed by atoms with Crippen LogP contribution in [0.1, 0.15) is 15.9 Å². The molecule has 1 aliphatic heterocycles. The summed E-state index contributed by atoms with van der Waals surface area (Å²) in [6.45, 7) is 5.38. The summed E-state index contributed by atoms with van der Waals surface area (Å²) in [5, 5.41) is 6.21. The summed E-state index contributed by atoms with van der Waals surface area (Å²) < 4.78 is 10.7. The van der Waals surface area contributed by atoms with Crippen molar-refractivity contribution in [3.63, 3.8) is 0 Å². The largest absolute Gasteiger partial charge is 0.496 e. The molecule has 27 heavy (non-hydrogen) atoms. The minimum atomic E-state index is -0.0917. The minimum Gasteiger partial charge on any atom is -0.496 e. The molecule has 1 aliphatic rings. The fourth-order valence-electron chi connectivity index (χ4n) is 2.96. The van der Waals surface area contributed by atoms with E-state index in [0.29, 0.717) is 24.5 Å². The maximum atomic E-state index is 12.4. The van der Waals surface area contributed by atoms with Gasteiger partial charge in [-0.2, -0.15) is 0 Å². The first-order valence-corrected chi connectivity index (χ1v) is 9.16. The van der Waals surface area contributed by atoms with Crippen LogP contribution in [0.4, 0.5) is 5.82 Å². The highest BCUT2D eigenvalue weighted by Crippen LogP contribution is 2.18. The van der Waals surface area contributed by atoms with E-state index in [1.807, 2.05) is 24.3 Å². The summed E-state index contributed by atoms with van der Waals surface area (Å²) in [5.41, 5.74) is 1.62. The number of hydrogen-bond donors (Lipinski definition) is 2. The summed E-state index contributed by atoms with van der Waals surface area (Å²) in [6.07, 6.45) is 1.64. The molecule has 2 N–H and O–H groups in total. The van der Waals surface area contributed by atoms with Crippen LogP contribution < -0.4 is 15.4 Å². The van der Waals surface area contributed by atoms with Gasteiger partial charge in [0.05, 0.1) is 20.3 Å². The number of pyridine rings is 1. The van der Waals surface area contributed by atoms with Gasteiger partial charge in [-0.15, -0.1) is 0 Å². The molecule has 144 valence electrons. The van der Waals surface area contributed by atoms with E-state index in [0.717, 1.165) is 44.2 Å². The highest BCUT2D eigenvalue weighted by atomic mass is 16.5. The third kappa shape index (κ3) is 5.67. The number of benzene rings is 1. The Labute approximate surface area is 159 Å². The number of amides is 1. The Hall–Kier alpha value is -2.64. The molecule has 7 nitrogen and oxygen atoms in total. The molecule has 1 fully saturated rings. The van der Waals surface area contributed by atoms with Crippen molar-refractivity contribution in [3.05, 3.63) is 53.7 Å². The lowest BCUT2D eigenvalue weighted by molar-refractivity contribution is 0.0383. The number of ether oxygens (including phenoxy) is 2. The number of carbonyl (C=O) groups is 1. The fourth-order valence-corrected chi connectivity index (χ4v) is 2.96. The SMILES string of the molecule is COc1ccccc1CNc1cc(C(=O)NCCN2CCOCC2)ccn1. The normalized spacial score (nSPS) is 14.6. The number of hydrogen-bond acceptors (Lipinski definition) is 6. The van der Waals surface area contributed by atoms with E-state index in [1.165, 1.54) is 0 Å². The molecule has 2 heterocycles. The average molecular weight is 370 g/mol. The molecule has 1 saturated heterocycles. The highest BCUT2D eigenvalue weighted by Gasteiger charge is 2.11. The Morgan fingerprint density at radius 1 is 1.26 bits per heavy atom. The summed E-state index contributed by atoms with van der Waals surface area (Å²) >= 11 is 0. The number of morpholine rings is 1. The Bertz CT molecular complexity index is 748. The topological polar surface area (TPSA) is 75.7 Å². The van der Waals surface area contributed by atoms with Crippen LogP contribution in [-0.2, 0) is 11.3 Å². The van der Waals surface area contributed by atoms with Crippen molar-refractivity contribution >= 4 is 11.7 Å². The minimum absolute atomic E-state index is 0.0917. The molecule has 0 atom stereocenters. The predicted molar refractivity (Wildman–Crippen MR) is 104 cm³/mol. The molecule has 0 saturated carbocycles. The van der Waals surface area contributed by atoms with Crippen molar-refractivity contribution in [2.24, 2.45) is 0 Å². The van der Waals surface area contributed by atoms with Gasteiger partial charge in [0, 0.05) is 50.0 Å². The second-order valence-corrected chi connectivity index (χ2v) is 6.31. The summed E-state index contributed by atoms with van der Waals surface area (Å²) in [6, 6.07) is 11.3. The van der Waals surface area contributed by atoms with Crippen molar-refractivity contribution in [2.45, 2.75) is 6.54 Å². The molecule has 0 spiro atoms. The molecule has 0 bridgehead atoms. The Morgan fingerprint density at radius 3 is 2.89 bits per heavy atom. The van der Waals surface area contributed by atoms with E-state index < -0.39 is 0 Å². The number of nitrogens with zero attached hydrogens (tertiary/aromatic N) is 2. The third-order valence-corrected chi connectivity index (χ3v) is 4.49. The van der Waals surface area contributed by atoms with Gasteiger partial charge >= 0.3 is 0 Å². The van der Waals surface area contributed by atoms with Crippen LogP contribution in [-0.4, -0.2) is 62.3 Å². The average Bonchev–Trinajstić information content (AvgIpc) is 2.73. The molecule has 1 aromatic heterocycles. The van der Waals surface area contributed by atoms with Gasteiger partial charge in [0.1, 0.15) is 11.6 Å². The highest BCUT2D eigenvalue weighted by molar-refractivity contribution is 5.94. The van der Waals surface area contributed by atoms with Gasteiger partial charge in [0.2, 0.25) is 0 Å². The maximum absolute atomic E-state index is 12.4. The first kappa shape index (κ1) is 19.1. The number of aromatic nitrogens is 1. The molecule has 1 amide bonds. The summed E-state index contributed by atoms with van der Waals surface area (Å²) in [5.74, 6) is 1.38. The van der Waals surface area contributed by atoms with Crippen LogP contribution in [0.2, 0.25) is 0 Å². The van der Waals surface area contributed by atoms with Gasteiger partial charge in [-0.1, -0.05) is 18.2 Å². The molecular weight excluding hydrogens is 344 g/mol. The first-order chi connectivity index (χ1) is 13.3. The van der Waals surface area contributed by atoms with E-state index in [9.17, 15) is 4.79 Å². The van der Waals surface area contributed by atoms with Crippen LogP contribution in [0.5, 0.6) is 5.75 Å². The van der Waals surface area contributed by atoms with Crippen molar-refractivity contribution in [1.29, 1.82) is 0 Å². The number of rotatable bonds is 8. The zero-order chi connectivity index (χ0) is 18.9. The van der Waals surface area contributed by atoms with E-state index in [1.54, 1.807) is 25.4 Å². The second kappa shape index (κ2) is 9.89. The zero-order valence-electron chi connectivity index (χ0n) is 15.6. The summed E-state index contributed by atoms with van der Waals surface area (Å²) in [7, 11) is 1.65. The van der Waals surface area contributed by atoms with E-state index in [4.69, 9.17) is 9.47 Å². The smallest absolute Gasteiger partial charge is 0.251 e. The Kier molecular flexibility index (Phi) is 7.01. The van der Waals surface area contributed by atoms with Gasteiger partial charge in [0.25, 0.3) is 5.91 Å². The Balaban J connectivity index is 1.50. The van der Waals surface area contributed by atoms with Gasteiger partial charge in [-0.3, -0.25) is 9.69 Å². The van der Waals surface area contributed by atoms with Crippen LogP contribution in [0.25, 0.3) is 0 Å². The molecule has 1 aromatic carbocycles. The molecule has 3 rings (SSSR count). The van der Waals surface area contributed by atoms with Crippen molar-refractivity contribution in [2.75, 3.05) is 51.8 Å². The molecule has 2 aromatic rings. The number of nitrogens with one attached hydrogen (secondary N) is 2. The van der Waals surface area contributed by atoms with Crippen molar-refractivity contribution in [3.8, 4) is 5.75 Å². The molecular formula is C20H26N4O3. The number of methoxy groups -OCH3 is 1. The first-order valence-electron chi connectivity index (χ1n) is 9.16. The maximum Gasteiger partial charge on any atom is 0.251 e. The monoisotopic (exact) mass is 370 g/mol. The van der Waals surface area contributed by atoms with Crippen molar-refractivity contribution in [1.82, 2.24) is 15.2 Å². The van der Waals surface area contributed by atoms with E-state index in [-0.39, 0.29) is 5.91 Å². The van der Waals surface area contributed by atoms with Gasteiger partial charge in [0.15, 0.2) is 0 Å². The van der Waals surface area contributed by atoms with E-state index in [2.05, 4.69) is 20.5 Å². The van der Waals surface area contributed by atoms with Crippen LogP contribution in [0, 0.1) is 0 Å².